The lowest BCUT2D eigenvalue weighted by molar-refractivity contribution is -0.116. The number of anilines is 1. The van der Waals surface area contributed by atoms with Crippen molar-refractivity contribution in [2.45, 2.75) is 25.2 Å². The van der Waals surface area contributed by atoms with Crippen LogP contribution < -0.4 is 24.8 Å². The average Bonchev–Trinajstić information content (AvgIpc) is 2.91. The van der Waals surface area contributed by atoms with Gasteiger partial charge in [0.1, 0.15) is 5.82 Å². The fourth-order valence-electron chi connectivity index (χ4n) is 4.53. The molecule has 0 spiro atoms. The van der Waals surface area contributed by atoms with E-state index in [0.717, 1.165) is 17.5 Å². The third-order valence-electron chi connectivity index (χ3n) is 6.18. The summed E-state index contributed by atoms with van der Waals surface area (Å²) in [6.07, 6.45) is 1.69. The molecule has 2 aliphatic rings. The van der Waals surface area contributed by atoms with Crippen molar-refractivity contribution >= 4 is 29.1 Å². The number of carbonyl (C=O) groups excluding carboxylic acids is 2. The lowest BCUT2D eigenvalue weighted by Crippen LogP contribution is -2.31. The number of rotatable bonds is 8. The number of nitriles is 1. The zero-order chi connectivity index (χ0) is 26.5. The first-order chi connectivity index (χ1) is 17.9. The van der Waals surface area contributed by atoms with E-state index in [1.165, 1.54) is 39.5 Å². The molecule has 2 N–H and O–H groups in total. The number of hydrogen-bond donors (Lipinski definition) is 2. The Morgan fingerprint density at radius 3 is 2.49 bits per heavy atom. The van der Waals surface area contributed by atoms with E-state index in [9.17, 15) is 19.2 Å². The number of ether oxygens (including phenoxy) is 3. The van der Waals surface area contributed by atoms with E-state index in [1.807, 2.05) is 0 Å². The predicted molar refractivity (Wildman–Crippen MR) is 138 cm³/mol. The highest BCUT2D eigenvalue weighted by Crippen LogP contribution is 2.48. The van der Waals surface area contributed by atoms with Gasteiger partial charge < -0.3 is 24.8 Å². The average molecular weight is 524 g/mol. The van der Waals surface area contributed by atoms with Crippen molar-refractivity contribution in [3.63, 3.8) is 0 Å². The molecular formula is C27H26FN3O5S. The molecule has 1 atom stereocenters. The maximum atomic E-state index is 13.9. The van der Waals surface area contributed by atoms with Crippen LogP contribution >= 0.6 is 11.8 Å². The smallest absolute Gasteiger partial charge is 0.234 e. The van der Waals surface area contributed by atoms with Gasteiger partial charge in [-0.25, -0.2) is 4.39 Å². The Morgan fingerprint density at radius 2 is 1.86 bits per heavy atom. The number of methoxy groups -OCH3 is 3. The molecule has 0 aromatic heterocycles. The SMILES string of the molecule is COc1cc(C2C(C#N)=C(SCC(=O)Nc3ccccc3F)NC3=C2C(=O)CCC3)cc(OC)c1OC. The van der Waals surface area contributed by atoms with Crippen molar-refractivity contribution in [1.29, 1.82) is 5.26 Å². The first-order valence-electron chi connectivity index (χ1n) is 11.6. The first-order valence-corrected chi connectivity index (χ1v) is 12.5. The Morgan fingerprint density at radius 1 is 1.16 bits per heavy atom. The second-order valence-electron chi connectivity index (χ2n) is 8.36. The number of thioether (sulfide) groups is 1. The molecule has 1 unspecified atom stereocenters. The highest BCUT2D eigenvalue weighted by molar-refractivity contribution is 8.03. The summed E-state index contributed by atoms with van der Waals surface area (Å²) in [5.41, 5.74) is 2.26. The van der Waals surface area contributed by atoms with Gasteiger partial charge in [0.15, 0.2) is 17.3 Å². The van der Waals surface area contributed by atoms with E-state index in [-0.39, 0.29) is 17.2 Å². The zero-order valence-corrected chi connectivity index (χ0v) is 21.5. The van der Waals surface area contributed by atoms with Crippen LogP contribution in [0.2, 0.25) is 0 Å². The van der Waals surface area contributed by atoms with Gasteiger partial charge >= 0.3 is 0 Å². The molecule has 0 fully saturated rings. The van der Waals surface area contributed by atoms with Crippen LogP contribution in [0.5, 0.6) is 17.2 Å². The highest BCUT2D eigenvalue weighted by atomic mass is 32.2. The van der Waals surface area contributed by atoms with Gasteiger partial charge in [-0.2, -0.15) is 5.26 Å². The number of hydrogen-bond acceptors (Lipinski definition) is 8. The van der Waals surface area contributed by atoms with Crippen molar-refractivity contribution in [1.82, 2.24) is 5.32 Å². The fraction of sp³-hybridized carbons (Fsp3) is 0.296. The van der Waals surface area contributed by atoms with Crippen molar-refractivity contribution in [3.05, 3.63) is 69.7 Å². The predicted octanol–water partition coefficient (Wildman–Crippen LogP) is 4.65. The van der Waals surface area contributed by atoms with E-state index in [2.05, 4.69) is 16.7 Å². The second-order valence-corrected chi connectivity index (χ2v) is 9.34. The normalized spacial score (nSPS) is 16.9. The molecule has 0 radical (unpaired) electrons. The third-order valence-corrected chi connectivity index (χ3v) is 7.20. The molecule has 1 aliphatic heterocycles. The van der Waals surface area contributed by atoms with E-state index >= 15 is 0 Å². The molecule has 2 aromatic carbocycles. The standard InChI is InChI=1S/C27H26FN3O5S/c1-34-21-11-15(12-22(35-2)26(21)36-3)24-16(13-29)27(31-19-9-6-10-20(32)25(19)24)37-14-23(33)30-18-8-5-4-7-17(18)28/h4-5,7-8,11-12,24,31H,6,9-10,14H2,1-3H3,(H,30,33). The van der Waals surface area contributed by atoms with Gasteiger partial charge in [0.05, 0.1) is 55.4 Å². The maximum Gasteiger partial charge on any atom is 0.234 e. The summed E-state index contributed by atoms with van der Waals surface area (Å²) in [4.78, 5) is 25.7. The van der Waals surface area contributed by atoms with E-state index in [0.29, 0.717) is 58.2 Å². The summed E-state index contributed by atoms with van der Waals surface area (Å²) < 4.78 is 30.4. The van der Waals surface area contributed by atoms with Gasteiger partial charge in [-0.1, -0.05) is 23.9 Å². The number of dihydropyridines is 1. The van der Waals surface area contributed by atoms with Crippen LogP contribution in [0, 0.1) is 17.1 Å². The molecule has 1 amide bonds. The highest BCUT2D eigenvalue weighted by Gasteiger charge is 2.38. The summed E-state index contributed by atoms with van der Waals surface area (Å²) in [7, 11) is 4.49. The summed E-state index contributed by atoms with van der Waals surface area (Å²) in [5, 5.41) is 16.5. The molecule has 2 aromatic rings. The number of Topliss-reactive ketones (excluding diaryl/α,β-unsaturated/α-hetero) is 1. The van der Waals surface area contributed by atoms with Crippen molar-refractivity contribution in [2.75, 3.05) is 32.4 Å². The first kappa shape index (κ1) is 26.1. The molecule has 192 valence electrons. The van der Waals surface area contributed by atoms with E-state index in [1.54, 1.807) is 18.2 Å². The van der Waals surface area contributed by atoms with Gasteiger partial charge in [0.2, 0.25) is 11.7 Å². The molecule has 1 heterocycles. The minimum absolute atomic E-state index is 0.0402. The van der Waals surface area contributed by atoms with Crippen molar-refractivity contribution < 1.29 is 28.2 Å². The van der Waals surface area contributed by atoms with Gasteiger partial charge in [0, 0.05) is 17.7 Å². The Balaban J connectivity index is 1.72. The second kappa shape index (κ2) is 11.4. The molecule has 8 nitrogen and oxygen atoms in total. The molecule has 1 aliphatic carbocycles. The Bertz CT molecular complexity index is 1320. The van der Waals surface area contributed by atoms with Crippen molar-refractivity contribution in [3.8, 4) is 23.3 Å². The number of halogens is 1. The third kappa shape index (κ3) is 5.27. The molecule has 37 heavy (non-hydrogen) atoms. The van der Waals surface area contributed by atoms with Crippen molar-refractivity contribution in [2.24, 2.45) is 0 Å². The van der Waals surface area contributed by atoms with Crippen LogP contribution in [0.25, 0.3) is 0 Å². The number of ketones is 1. The number of allylic oxidation sites excluding steroid dienone is 3. The monoisotopic (exact) mass is 523 g/mol. The lowest BCUT2D eigenvalue weighted by Gasteiger charge is -2.33. The quantitative estimate of drug-likeness (QED) is 0.515. The summed E-state index contributed by atoms with van der Waals surface area (Å²) in [5.74, 6) is -0.555. The van der Waals surface area contributed by atoms with Crippen LogP contribution in [0.4, 0.5) is 10.1 Å². The van der Waals surface area contributed by atoms with Crippen LogP contribution in [0.1, 0.15) is 30.7 Å². The number of para-hydroxylation sites is 1. The summed E-state index contributed by atoms with van der Waals surface area (Å²) in [6, 6.07) is 11.6. The van der Waals surface area contributed by atoms with Crippen LogP contribution in [-0.4, -0.2) is 38.8 Å². The minimum Gasteiger partial charge on any atom is -0.493 e. The van der Waals surface area contributed by atoms with Gasteiger partial charge in [0.25, 0.3) is 0 Å². The van der Waals surface area contributed by atoms with Crippen LogP contribution in [-0.2, 0) is 9.59 Å². The largest absolute Gasteiger partial charge is 0.493 e. The number of carbonyl (C=O) groups is 2. The minimum atomic E-state index is -0.681. The number of nitrogens with one attached hydrogen (secondary N) is 2. The fourth-order valence-corrected chi connectivity index (χ4v) is 5.39. The van der Waals surface area contributed by atoms with Gasteiger partial charge in [-0.15, -0.1) is 0 Å². The summed E-state index contributed by atoms with van der Waals surface area (Å²) in [6.45, 7) is 0. The number of amides is 1. The Hall–Kier alpha value is -3.97. The van der Waals surface area contributed by atoms with Crippen LogP contribution in [0.3, 0.4) is 0 Å². The topological polar surface area (TPSA) is 110 Å². The number of nitrogens with zero attached hydrogens (tertiary/aromatic N) is 1. The molecular weight excluding hydrogens is 497 g/mol. The molecule has 0 bridgehead atoms. The zero-order valence-electron chi connectivity index (χ0n) is 20.6. The van der Waals surface area contributed by atoms with Gasteiger partial charge in [-0.3, -0.25) is 9.59 Å². The molecule has 0 saturated carbocycles. The maximum absolute atomic E-state index is 13.9. The van der Waals surface area contributed by atoms with E-state index < -0.39 is 17.6 Å². The lowest BCUT2D eigenvalue weighted by atomic mass is 9.76. The molecule has 4 rings (SSSR count). The molecule has 0 saturated heterocycles. The Kier molecular flexibility index (Phi) is 8.04. The number of benzene rings is 2. The molecule has 10 heteroatoms. The summed E-state index contributed by atoms with van der Waals surface area (Å²) >= 11 is 1.13. The van der Waals surface area contributed by atoms with E-state index in [4.69, 9.17) is 14.2 Å². The Labute approximate surface area is 218 Å². The van der Waals surface area contributed by atoms with Crippen LogP contribution in [0.15, 0.2) is 58.3 Å². The van der Waals surface area contributed by atoms with Gasteiger partial charge in [-0.05, 0) is 42.7 Å².